The standard InChI is InChI=1S/C19H21N5OS.C2H6/c1-12-10-15-17(26-12)16(18(25)24-8-3-4-9-24)23-19(22-15)21-13(2)14-6-5-7-20-11-14;1-2/h5-7,10-11,13H,3-4,8-9H2,1-2H3,(H,21,22,23);1-2H3/t13-;/m0./s1. The van der Waals surface area contributed by atoms with Gasteiger partial charge in [0.25, 0.3) is 5.91 Å². The summed E-state index contributed by atoms with van der Waals surface area (Å²) in [6.07, 6.45) is 5.69. The lowest BCUT2D eigenvalue weighted by Gasteiger charge is -2.17. The SMILES string of the molecule is CC.Cc1cc2nc(N[C@@H](C)c3cccnc3)nc(C(=O)N3CCCC3)c2s1. The molecular weight excluding hydrogens is 370 g/mol. The lowest BCUT2D eigenvalue weighted by molar-refractivity contribution is 0.0789. The number of carbonyl (C=O) groups excluding carboxylic acids is 1. The second kappa shape index (κ2) is 9.10. The molecule has 6 nitrogen and oxygen atoms in total. The van der Waals surface area contributed by atoms with Crippen LogP contribution < -0.4 is 5.32 Å². The lowest BCUT2D eigenvalue weighted by atomic mass is 10.1. The maximum Gasteiger partial charge on any atom is 0.274 e. The van der Waals surface area contributed by atoms with Crippen molar-refractivity contribution in [1.29, 1.82) is 0 Å². The summed E-state index contributed by atoms with van der Waals surface area (Å²) in [5.74, 6) is 0.489. The molecule has 28 heavy (non-hydrogen) atoms. The fraction of sp³-hybridized carbons (Fsp3) is 0.429. The zero-order valence-electron chi connectivity index (χ0n) is 16.9. The lowest BCUT2D eigenvalue weighted by Crippen LogP contribution is -2.28. The van der Waals surface area contributed by atoms with Gasteiger partial charge in [0.05, 0.1) is 16.3 Å². The van der Waals surface area contributed by atoms with E-state index in [1.165, 1.54) is 0 Å². The summed E-state index contributed by atoms with van der Waals surface area (Å²) < 4.78 is 0.874. The number of pyridine rings is 1. The van der Waals surface area contributed by atoms with Crippen molar-refractivity contribution >= 4 is 33.4 Å². The number of thiophene rings is 1. The Labute approximate surface area is 170 Å². The van der Waals surface area contributed by atoms with E-state index in [9.17, 15) is 4.79 Å². The molecule has 0 radical (unpaired) electrons. The van der Waals surface area contributed by atoms with Crippen LogP contribution in [0.4, 0.5) is 5.95 Å². The highest BCUT2D eigenvalue weighted by atomic mass is 32.1. The number of fused-ring (bicyclic) bond motifs is 1. The smallest absolute Gasteiger partial charge is 0.274 e. The molecule has 1 atom stereocenters. The maximum absolute atomic E-state index is 13.0. The Hall–Kier alpha value is -2.54. The molecule has 1 aliphatic rings. The number of aryl methyl sites for hydroxylation is 1. The monoisotopic (exact) mass is 397 g/mol. The first kappa shape index (κ1) is 20.2. The van der Waals surface area contributed by atoms with Gasteiger partial charge in [0.1, 0.15) is 0 Å². The average molecular weight is 398 g/mol. The van der Waals surface area contributed by atoms with Crippen LogP contribution >= 0.6 is 11.3 Å². The highest BCUT2D eigenvalue weighted by Gasteiger charge is 2.25. The molecule has 1 N–H and O–H groups in total. The van der Waals surface area contributed by atoms with Gasteiger partial charge >= 0.3 is 0 Å². The molecule has 4 rings (SSSR count). The first-order valence-electron chi connectivity index (χ1n) is 9.86. The van der Waals surface area contributed by atoms with Crippen LogP contribution in [0.15, 0.2) is 30.6 Å². The van der Waals surface area contributed by atoms with Crippen LogP contribution in [0.3, 0.4) is 0 Å². The van der Waals surface area contributed by atoms with Crippen molar-refractivity contribution in [2.45, 2.75) is 46.6 Å². The molecule has 0 unspecified atom stereocenters. The number of nitrogens with zero attached hydrogens (tertiary/aromatic N) is 4. The fourth-order valence-corrected chi connectivity index (χ4v) is 4.17. The first-order valence-corrected chi connectivity index (χ1v) is 10.7. The molecule has 0 aliphatic carbocycles. The number of carbonyl (C=O) groups is 1. The minimum Gasteiger partial charge on any atom is -0.348 e. The Kier molecular flexibility index (Phi) is 6.57. The minimum atomic E-state index is -0.00405. The quantitative estimate of drug-likeness (QED) is 0.683. The number of nitrogens with one attached hydrogen (secondary N) is 1. The van der Waals surface area contributed by atoms with Crippen LogP contribution in [0.1, 0.15) is 60.6 Å². The Bertz CT molecular complexity index is 935. The van der Waals surface area contributed by atoms with Gasteiger partial charge in [-0.3, -0.25) is 9.78 Å². The molecule has 3 aromatic heterocycles. The van der Waals surface area contributed by atoms with Gasteiger partial charge in [0.15, 0.2) is 5.69 Å². The second-order valence-electron chi connectivity index (χ2n) is 6.62. The molecule has 1 fully saturated rings. The van der Waals surface area contributed by atoms with Gasteiger partial charge in [-0.25, -0.2) is 9.97 Å². The summed E-state index contributed by atoms with van der Waals surface area (Å²) in [5.41, 5.74) is 2.38. The van der Waals surface area contributed by atoms with E-state index in [-0.39, 0.29) is 11.9 Å². The van der Waals surface area contributed by atoms with Gasteiger partial charge in [-0.2, -0.15) is 0 Å². The van der Waals surface area contributed by atoms with Gasteiger partial charge in [-0.05, 0) is 44.4 Å². The van der Waals surface area contributed by atoms with Crippen LogP contribution in [0, 0.1) is 6.92 Å². The number of hydrogen-bond donors (Lipinski definition) is 1. The molecule has 148 valence electrons. The summed E-state index contributed by atoms with van der Waals surface area (Å²) >= 11 is 1.58. The molecule has 0 saturated carbocycles. The van der Waals surface area contributed by atoms with Gasteiger partial charge in [0, 0.05) is 30.4 Å². The van der Waals surface area contributed by atoms with Crippen molar-refractivity contribution in [2.75, 3.05) is 18.4 Å². The van der Waals surface area contributed by atoms with E-state index in [1.807, 2.05) is 57.0 Å². The molecule has 0 spiro atoms. The van der Waals surface area contributed by atoms with E-state index in [0.717, 1.165) is 46.6 Å². The normalized spacial score (nSPS) is 14.5. The van der Waals surface area contributed by atoms with Crippen molar-refractivity contribution in [3.63, 3.8) is 0 Å². The first-order chi connectivity index (χ1) is 13.6. The minimum absolute atomic E-state index is 0.00405. The van der Waals surface area contributed by atoms with Crippen molar-refractivity contribution in [2.24, 2.45) is 0 Å². The van der Waals surface area contributed by atoms with Gasteiger partial charge in [0.2, 0.25) is 5.95 Å². The van der Waals surface area contributed by atoms with E-state index in [0.29, 0.717) is 11.6 Å². The molecule has 7 heteroatoms. The van der Waals surface area contributed by atoms with E-state index in [2.05, 4.69) is 20.3 Å². The zero-order chi connectivity index (χ0) is 20.1. The third-order valence-electron chi connectivity index (χ3n) is 4.62. The number of amides is 1. The highest BCUT2D eigenvalue weighted by Crippen LogP contribution is 2.29. The van der Waals surface area contributed by atoms with E-state index < -0.39 is 0 Å². The van der Waals surface area contributed by atoms with E-state index in [4.69, 9.17) is 0 Å². The Morgan fingerprint density at radius 1 is 1.25 bits per heavy atom. The summed E-state index contributed by atoms with van der Waals surface area (Å²) in [6, 6.07) is 5.93. The topological polar surface area (TPSA) is 71.0 Å². The molecule has 3 aromatic rings. The predicted molar refractivity (Wildman–Crippen MR) is 115 cm³/mol. The van der Waals surface area contributed by atoms with Crippen molar-refractivity contribution in [3.8, 4) is 0 Å². The zero-order valence-corrected chi connectivity index (χ0v) is 17.7. The van der Waals surface area contributed by atoms with Gasteiger partial charge in [-0.1, -0.05) is 19.9 Å². The maximum atomic E-state index is 13.0. The van der Waals surface area contributed by atoms with E-state index >= 15 is 0 Å². The Balaban J connectivity index is 0.00000109. The van der Waals surface area contributed by atoms with Crippen molar-refractivity contribution < 1.29 is 4.79 Å². The molecule has 1 aliphatic heterocycles. The summed E-state index contributed by atoms with van der Waals surface area (Å²) in [4.78, 5) is 29.4. The number of likely N-dealkylation sites (tertiary alicyclic amines) is 1. The van der Waals surface area contributed by atoms with Gasteiger partial charge < -0.3 is 10.2 Å². The van der Waals surface area contributed by atoms with Crippen LogP contribution in [0.2, 0.25) is 0 Å². The molecule has 0 aromatic carbocycles. The van der Waals surface area contributed by atoms with Crippen LogP contribution in [-0.2, 0) is 0 Å². The molecular formula is C21H27N5OS. The molecule has 1 saturated heterocycles. The van der Waals surface area contributed by atoms with E-state index in [1.54, 1.807) is 17.5 Å². The predicted octanol–water partition coefficient (Wildman–Crippen LogP) is 4.83. The number of hydrogen-bond acceptors (Lipinski definition) is 6. The molecule has 4 heterocycles. The summed E-state index contributed by atoms with van der Waals surface area (Å²) in [7, 11) is 0. The van der Waals surface area contributed by atoms with Crippen molar-refractivity contribution in [1.82, 2.24) is 19.9 Å². The number of rotatable bonds is 4. The number of aromatic nitrogens is 3. The Morgan fingerprint density at radius 2 is 2.00 bits per heavy atom. The Morgan fingerprint density at radius 3 is 2.68 bits per heavy atom. The van der Waals surface area contributed by atoms with Crippen LogP contribution in [0.5, 0.6) is 0 Å². The van der Waals surface area contributed by atoms with Crippen LogP contribution in [-0.4, -0.2) is 38.8 Å². The summed E-state index contributed by atoms with van der Waals surface area (Å²) in [6.45, 7) is 9.68. The molecule has 0 bridgehead atoms. The molecule has 1 amide bonds. The third-order valence-corrected chi connectivity index (χ3v) is 5.67. The average Bonchev–Trinajstić information content (AvgIpc) is 3.38. The number of anilines is 1. The van der Waals surface area contributed by atoms with Crippen LogP contribution in [0.25, 0.3) is 10.2 Å². The van der Waals surface area contributed by atoms with Gasteiger partial charge in [-0.15, -0.1) is 11.3 Å². The van der Waals surface area contributed by atoms with Crippen molar-refractivity contribution in [3.05, 3.63) is 46.7 Å². The fourth-order valence-electron chi connectivity index (χ4n) is 3.24. The second-order valence-corrected chi connectivity index (χ2v) is 7.88. The third kappa shape index (κ3) is 4.30. The summed E-state index contributed by atoms with van der Waals surface area (Å²) in [5, 5.41) is 3.32. The highest BCUT2D eigenvalue weighted by molar-refractivity contribution is 7.19. The largest absolute Gasteiger partial charge is 0.348 e.